The molecule has 0 aromatic carbocycles. The number of aliphatic hydroxyl groups excluding tert-OH is 1. The number of carbonyl (C=O) groups excluding carboxylic acids is 1. The number of carbonyl (C=O) groups is 1. The monoisotopic (exact) mass is 329 g/mol. The smallest absolute Gasteiger partial charge is 0.244 e. The largest absolute Gasteiger partial charge is 0.394 e. The molecule has 1 aliphatic carbocycles. The van der Waals surface area contributed by atoms with Crippen molar-refractivity contribution < 1.29 is 9.90 Å². The SMILES string of the molecule is O=C(/C=C/c1cc(Br)cs1)NC1(CO)CCCC1. The summed E-state index contributed by atoms with van der Waals surface area (Å²) in [5.41, 5.74) is -0.391. The van der Waals surface area contributed by atoms with Crippen LogP contribution in [0.25, 0.3) is 6.08 Å². The summed E-state index contributed by atoms with van der Waals surface area (Å²) >= 11 is 4.95. The Morgan fingerprint density at radius 1 is 1.56 bits per heavy atom. The second-order valence-electron chi connectivity index (χ2n) is 4.64. The fourth-order valence-electron chi connectivity index (χ4n) is 2.25. The zero-order valence-electron chi connectivity index (χ0n) is 9.99. The van der Waals surface area contributed by atoms with Gasteiger partial charge in [0.05, 0.1) is 12.1 Å². The first kappa shape index (κ1) is 13.8. The van der Waals surface area contributed by atoms with Gasteiger partial charge in [0.2, 0.25) is 5.91 Å². The minimum Gasteiger partial charge on any atom is -0.394 e. The lowest BCUT2D eigenvalue weighted by Gasteiger charge is -2.27. The van der Waals surface area contributed by atoms with Gasteiger partial charge in [-0.05, 0) is 40.9 Å². The van der Waals surface area contributed by atoms with Crippen molar-refractivity contribution >= 4 is 39.2 Å². The van der Waals surface area contributed by atoms with Gasteiger partial charge in [0, 0.05) is 20.8 Å². The number of aliphatic hydroxyl groups is 1. The van der Waals surface area contributed by atoms with Gasteiger partial charge < -0.3 is 10.4 Å². The summed E-state index contributed by atoms with van der Waals surface area (Å²) in [4.78, 5) is 12.9. The van der Waals surface area contributed by atoms with Crippen molar-refractivity contribution in [1.82, 2.24) is 5.32 Å². The van der Waals surface area contributed by atoms with E-state index in [1.54, 1.807) is 17.4 Å². The van der Waals surface area contributed by atoms with E-state index >= 15 is 0 Å². The molecule has 1 aromatic rings. The lowest BCUT2D eigenvalue weighted by Crippen LogP contribution is -2.48. The van der Waals surface area contributed by atoms with Crippen molar-refractivity contribution in [1.29, 1.82) is 0 Å². The Labute approximate surface area is 119 Å². The highest BCUT2D eigenvalue weighted by Gasteiger charge is 2.33. The van der Waals surface area contributed by atoms with Gasteiger partial charge in [-0.25, -0.2) is 0 Å². The molecule has 1 saturated carbocycles. The van der Waals surface area contributed by atoms with E-state index in [0.717, 1.165) is 35.0 Å². The zero-order chi connectivity index (χ0) is 13.0. The second kappa shape index (κ2) is 5.99. The van der Waals surface area contributed by atoms with E-state index in [9.17, 15) is 9.90 Å². The van der Waals surface area contributed by atoms with Crippen molar-refractivity contribution in [3.63, 3.8) is 0 Å². The van der Waals surface area contributed by atoms with Gasteiger partial charge in [0.1, 0.15) is 0 Å². The molecular weight excluding hydrogens is 314 g/mol. The molecule has 5 heteroatoms. The minimum atomic E-state index is -0.391. The molecule has 1 fully saturated rings. The Morgan fingerprint density at radius 3 is 2.83 bits per heavy atom. The van der Waals surface area contributed by atoms with Crippen LogP contribution in [0.4, 0.5) is 0 Å². The maximum Gasteiger partial charge on any atom is 0.244 e. The highest BCUT2D eigenvalue weighted by Crippen LogP contribution is 2.29. The number of hydrogen-bond donors (Lipinski definition) is 2. The van der Waals surface area contributed by atoms with E-state index in [1.165, 1.54) is 6.08 Å². The molecule has 2 N–H and O–H groups in total. The van der Waals surface area contributed by atoms with Gasteiger partial charge in [0.25, 0.3) is 0 Å². The number of nitrogens with one attached hydrogen (secondary N) is 1. The first-order valence-corrected chi connectivity index (χ1v) is 7.66. The lowest BCUT2D eigenvalue weighted by atomic mass is 9.99. The summed E-state index contributed by atoms with van der Waals surface area (Å²) in [5, 5.41) is 14.3. The van der Waals surface area contributed by atoms with Crippen LogP contribution in [0.5, 0.6) is 0 Å². The fourth-order valence-corrected chi connectivity index (χ4v) is 3.59. The molecule has 18 heavy (non-hydrogen) atoms. The molecule has 0 aliphatic heterocycles. The van der Waals surface area contributed by atoms with Gasteiger partial charge in [-0.2, -0.15) is 0 Å². The van der Waals surface area contributed by atoms with Crippen molar-refractivity contribution in [3.05, 3.63) is 26.9 Å². The van der Waals surface area contributed by atoms with E-state index < -0.39 is 5.54 Å². The Morgan fingerprint density at radius 2 is 2.28 bits per heavy atom. The number of hydrogen-bond acceptors (Lipinski definition) is 3. The number of rotatable bonds is 4. The third-order valence-electron chi connectivity index (χ3n) is 3.24. The van der Waals surface area contributed by atoms with E-state index in [0.29, 0.717) is 0 Å². The van der Waals surface area contributed by atoms with Crippen LogP contribution in [-0.2, 0) is 4.79 Å². The fraction of sp³-hybridized carbons (Fsp3) is 0.462. The maximum absolute atomic E-state index is 11.8. The molecule has 3 nitrogen and oxygen atoms in total. The normalized spacial score (nSPS) is 18.3. The van der Waals surface area contributed by atoms with E-state index in [4.69, 9.17) is 0 Å². The van der Waals surface area contributed by atoms with Crippen LogP contribution in [0.3, 0.4) is 0 Å². The quantitative estimate of drug-likeness (QED) is 0.834. The van der Waals surface area contributed by atoms with Crippen LogP contribution >= 0.6 is 27.3 Å². The summed E-state index contributed by atoms with van der Waals surface area (Å²) in [5.74, 6) is -0.129. The molecule has 0 spiro atoms. The van der Waals surface area contributed by atoms with E-state index in [-0.39, 0.29) is 12.5 Å². The topological polar surface area (TPSA) is 49.3 Å². The van der Waals surface area contributed by atoms with Gasteiger partial charge in [0.15, 0.2) is 0 Å². The second-order valence-corrected chi connectivity index (χ2v) is 6.49. The van der Waals surface area contributed by atoms with E-state index in [1.807, 2.05) is 11.4 Å². The van der Waals surface area contributed by atoms with Gasteiger partial charge in [-0.15, -0.1) is 11.3 Å². The average Bonchev–Trinajstić information content (AvgIpc) is 2.97. The van der Waals surface area contributed by atoms with Crippen LogP contribution in [-0.4, -0.2) is 23.2 Å². The molecule has 0 bridgehead atoms. The standard InChI is InChI=1S/C13H16BrNO2S/c14-10-7-11(18-8-10)3-4-12(17)15-13(9-16)5-1-2-6-13/h3-4,7-8,16H,1-2,5-6,9H2,(H,15,17)/b4-3+. The van der Waals surface area contributed by atoms with E-state index in [2.05, 4.69) is 21.2 Å². The first-order valence-electron chi connectivity index (χ1n) is 5.99. The van der Waals surface area contributed by atoms with Gasteiger partial charge in [-0.1, -0.05) is 12.8 Å². The molecule has 1 heterocycles. The predicted molar refractivity (Wildman–Crippen MR) is 77.5 cm³/mol. The number of thiophene rings is 1. The summed E-state index contributed by atoms with van der Waals surface area (Å²) < 4.78 is 1.02. The Bertz CT molecular complexity index is 450. The molecule has 0 unspecified atom stereocenters. The predicted octanol–water partition coefficient (Wildman–Crippen LogP) is 2.95. The molecule has 0 radical (unpaired) electrons. The third kappa shape index (κ3) is 3.43. The number of amides is 1. The third-order valence-corrected chi connectivity index (χ3v) is 4.90. The minimum absolute atomic E-state index is 0.0249. The van der Waals surface area contributed by atoms with Crippen LogP contribution in [0, 0.1) is 0 Å². The summed E-state index contributed by atoms with van der Waals surface area (Å²) in [6.07, 6.45) is 7.21. The van der Waals surface area contributed by atoms with Crippen LogP contribution < -0.4 is 5.32 Å². The molecule has 1 aliphatic rings. The van der Waals surface area contributed by atoms with Crippen molar-refractivity contribution in [2.24, 2.45) is 0 Å². The lowest BCUT2D eigenvalue weighted by molar-refractivity contribution is -0.118. The average molecular weight is 330 g/mol. The van der Waals surface area contributed by atoms with Gasteiger partial charge in [-0.3, -0.25) is 4.79 Å². The van der Waals surface area contributed by atoms with Crippen LogP contribution in [0.15, 0.2) is 22.0 Å². The van der Waals surface area contributed by atoms with Crippen molar-refractivity contribution in [2.75, 3.05) is 6.61 Å². The Kier molecular flexibility index (Phi) is 4.59. The van der Waals surface area contributed by atoms with Crippen molar-refractivity contribution in [3.8, 4) is 0 Å². The summed E-state index contributed by atoms with van der Waals surface area (Å²) in [6, 6.07) is 1.96. The van der Waals surface area contributed by atoms with Crippen LogP contribution in [0.2, 0.25) is 0 Å². The Hall–Kier alpha value is -0.650. The van der Waals surface area contributed by atoms with Crippen LogP contribution in [0.1, 0.15) is 30.6 Å². The number of halogens is 1. The summed E-state index contributed by atoms with van der Waals surface area (Å²) in [7, 11) is 0. The molecular formula is C13H16BrNO2S. The summed E-state index contributed by atoms with van der Waals surface area (Å²) in [6.45, 7) is 0.0249. The highest BCUT2D eigenvalue weighted by atomic mass is 79.9. The maximum atomic E-state index is 11.8. The molecule has 1 amide bonds. The molecule has 2 rings (SSSR count). The first-order chi connectivity index (χ1) is 8.63. The molecule has 98 valence electrons. The van der Waals surface area contributed by atoms with Crippen molar-refractivity contribution in [2.45, 2.75) is 31.2 Å². The van der Waals surface area contributed by atoms with Gasteiger partial charge >= 0.3 is 0 Å². The molecule has 0 saturated heterocycles. The molecule has 0 atom stereocenters. The molecule has 1 aromatic heterocycles. The highest BCUT2D eigenvalue weighted by molar-refractivity contribution is 9.10. The Balaban J connectivity index is 1.94. The zero-order valence-corrected chi connectivity index (χ0v) is 12.4.